The van der Waals surface area contributed by atoms with E-state index in [-0.39, 0.29) is 5.69 Å². The molecule has 5 nitrogen and oxygen atoms in total. The molecule has 0 atom stereocenters. The van der Waals surface area contributed by atoms with E-state index in [1.54, 1.807) is 6.07 Å². The summed E-state index contributed by atoms with van der Waals surface area (Å²) in [7, 11) is 0. The molecule has 66 valence electrons. The van der Waals surface area contributed by atoms with Gasteiger partial charge in [-0.1, -0.05) is 0 Å². The zero-order chi connectivity index (χ0) is 9.42. The molecule has 6 heteroatoms. The maximum Gasteiger partial charge on any atom is 0.270 e. The first-order valence-corrected chi connectivity index (χ1v) is 3.80. The number of benzene rings is 1. The van der Waals surface area contributed by atoms with Gasteiger partial charge in [-0.05, 0) is 6.07 Å². The predicted molar refractivity (Wildman–Crippen MR) is 47.6 cm³/mol. The van der Waals surface area contributed by atoms with E-state index < -0.39 is 4.92 Å². The highest BCUT2D eigenvalue weighted by Crippen LogP contribution is 2.19. The zero-order valence-electron chi connectivity index (χ0n) is 6.35. The van der Waals surface area contributed by atoms with Crippen molar-refractivity contribution in [1.29, 1.82) is 0 Å². The number of hydrogen-bond donors (Lipinski definition) is 0. The third kappa shape index (κ3) is 1.33. The SMILES string of the molecule is O=[N+]([O-])c1ccc2nn(Cl)cc2c1. The van der Waals surface area contributed by atoms with Gasteiger partial charge >= 0.3 is 0 Å². The fourth-order valence-electron chi connectivity index (χ4n) is 1.10. The van der Waals surface area contributed by atoms with Crippen molar-refractivity contribution in [2.24, 2.45) is 0 Å². The van der Waals surface area contributed by atoms with Crippen molar-refractivity contribution in [3.8, 4) is 0 Å². The van der Waals surface area contributed by atoms with Crippen molar-refractivity contribution in [3.05, 3.63) is 34.5 Å². The number of hydrogen-bond acceptors (Lipinski definition) is 3. The van der Waals surface area contributed by atoms with Crippen LogP contribution in [0.15, 0.2) is 24.4 Å². The highest BCUT2D eigenvalue weighted by molar-refractivity contribution is 6.15. The average molecular weight is 198 g/mol. The smallest absolute Gasteiger partial charge is 0.258 e. The summed E-state index contributed by atoms with van der Waals surface area (Å²) < 4.78 is 1.11. The molecule has 0 unspecified atom stereocenters. The summed E-state index contributed by atoms with van der Waals surface area (Å²) in [4.78, 5) is 9.94. The van der Waals surface area contributed by atoms with Crippen molar-refractivity contribution in [1.82, 2.24) is 9.30 Å². The van der Waals surface area contributed by atoms with E-state index in [1.165, 1.54) is 18.3 Å². The Labute approximate surface area is 77.8 Å². The summed E-state index contributed by atoms with van der Waals surface area (Å²) in [6, 6.07) is 4.39. The Hall–Kier alpha value is -1.62. The number of nitrogens with zero attached hydrogens (tertiary/aromatic N) is 3. The number of halogens is 1. The molecule has 13 heavy (non-hydrogen) atoms. The summed E-state index contributed by atoms with van der Waals surface area (Å²) in [5.74, 6) is 0. The fraction of sp³-hybridized carbons (Fsp3) is 0. The van der Waals surface area contributed by atoms with E-state index in [4.69, 9.17) is 11.8 Å². The molecule has 0 amide bonds. The van der Waals surface area contributed by atoms with Crippen LogP contribution in [0.1, 0.15) is 0 Å². The van der Waals surface area contributed by atoms with Gasteiger partial charge in [0, 0.05) is 29.3 Å². The van der Waals surface area contributed by atoms with Crippen LogP contribution >= 0.6 is 11.8 Å². The molecule has 0 spiro atoms. The minimum absolute atomic E-state index is 0.0390. The molecule has 0 radical (unpaired) electrons. The van der Waals surface area contributed by atoms with Crippen LogP contribution in [-0.2, 0) is 0 Å². The molecule has 0 N–H and O–H groups in total. The molecule has 0 bridgehead atoms. The van der Waals surface area contributed by atoms with Gasteiger partial charge in [-0.15, -0.1) is 0 Å². The van der Waals surface area contributed by atoms with Crippen molar-refractivity contribution in [2.75, 3.05) is 0 Å². The van der Waals surface area contributed by atoms with Gasteiger partial charge < -0.3 is 0 Å². The largest absolute Gasteiger partial charge is 0.270 e. The molecule has 1 heterocycles. The van der Waals surface area contributed by atoms with Gasteiger partial charge in [0.05, 0.1) is 16.6 Å². The van der Waals surface area contributed by atoms with Crippen LogP contribution in [-0.4, -0.2) is 14.2 Å². The van der Waals surface area contributed by atoms with Gasteiger partial charge in [0.1, 0.15) is 0 Å². The van der Waals surface area contributed by atoms with E-state index >= 15 is 0 Å². The lowest BCUT2D eigenvalue weighted by Crippen LogP contribution is -1.86. The minimum atomic E-state index is -0.453. The van der Waals surface area contributed by atoms with E-state index in [1.807, 2.05) is 0 Å². The second-order valence-electron chi connectivity index (χ2n) is 2.52. The van der Waals surface area contributed by atoms with Gasteiger partial charge in [0.25, 0.3) is 5.69 Å². The normalized spacial score (nSPS) is 10.5. The van der Waals surface area contributed by atoms with Crippen LogP contribution in [0.3, 0.4) is 0 Å². The number of nitro groups is 1. The third-order valence-electron chi connectivity index (χ3n) is 1.67. The Balaban J connectivity index is 2.67. The van der Waals surface area contributed by atoms with E-state index in [0.717, 1.165) is 4.20 Å². The second kappa shape index (κ2) is 2.70. The van der Waals surface area contributed by atoms with Crippen LogP contribution in [0.4, 0.5) is 5.69 Å². The number of nitro benzene ring substituents is 1. The van der Waals surface area contributed by atoms with Crippen molar-refractivity contribution in [3.63, 3.8) is 0 Å². The van der Waals surface area contributed by atoms with E-state index in [0.29, 0.717) is 10.9 Å². The Kier molecular flexibility index (Phi) is 1.66. The molecule has 2 rings (SSSR count). The van der Waals surface area contributed by atoms with Gasteiger partial charge in [0.2, 0.25) is 0 Å². The first kappa shape index (κ1) is 8.00. The summed E-state index contributed by atoms with van der Waals surface area (Å²) in [6.45, 7) is 0. The first-order chi connectivity index (χ1) is 6.16. The van der Waals surface area contributed by atoms with E-state index in [2.05, 4.69) is 5.10 Å². The first-order valence-electron chi connectivity index (χ1n) is 3.47. The summed E-state index contributed by atoms with van der Waals surface area (Å²) in [5, 5.41) is 14.9. The van der Waals surface area contributed by atoms with Crippen molar-refractivity contribution >= 4 is 28.4 Å². The number of fused-ring (bicyclic) bond motifs is 1. The standard InChI is InChI=1S/C7H4ClN3O2/c8-10-4-5-3-6(11(12)13)1-2-7(5)9-10/h1-4H. The monoisotopic (exact) mass is 197 g/mol. The Bertz CT molecular complexity index is 480. The molecule has 1 aromatic heterocycles. The van der Waals surface area contributed by atoms with Crippen LogP contribution in [0.5, 0.6) is 0 Å². The Morgan fingerprint density at radius 1 is 1.54 bits per heavy atom. The molecular weight excluding hydrogens is 194 g/mol. The molecule has 0 aliphatic rings. The summed E-state index contributed by atoms with van der Waals surface area (Å²) in [6.07, 6.45) is 1.52. The molecule has 0 saturated carbocycles. The van der Waals surface area contributed by atoms with Crippen molar-refractivity contribution < 1.29 is 4.92 Å². The topological polar surface area (TPSA) is 61.0 Å². The van der Waals surface area contributed by atoms with E-state index in [9.17, 15) is 10.1 Å². The zero-order valence-corrected chi connectivity index (χ0v) is 7.10. The maximum atomic E-state index is 10.4. The van der Waals surface area contributed by atoms with Gasteiger partial charge in [-0.2, -0.15) is 9.30 Å². The molecule has 2 aromatic rings. The predicted octanol–water partition coefficient (Wildman–Crippen LogP) is 1.95. The number of rotatable bonds is 1. The molecule has 0 saturated heterocycles. The molecular formula is C7H4ClN3O2. The highest BCUT2D eigenvalue weighted by atomic mass is 35.5. The summed E-state index contributed by atoms with van der Waals surface area (Å²) in [5.41, 5.74) is 0.678. The summed E-state index contributed by atoms with van der Waals surface area (Å²) >= 11 is 5.55. The van der Waals surface area contributed by atoms with Gasteiger partial charge in [0.15, 0.2) is 0 Å². The Morgan fingerprint density at radius 3 is 3.00 bits per heavy atom. The lowest BCUT2D eigenvalue weighted by Gasteiger charge is -1.88. The second-order valence-corrected chi connectivity index (χ2v) is 2.86. The maximum absolute atomic E-state index is 10.4. The average Bonchev–Trinajstić information content (AvgIpc) is 2.42. The molecule has 0 aliphatic carbocycles. The quantitative estimate of drug-likeness (QED) is 0.519. The lowest BCUT2D eigenvalue weighted by molar-refractivity contribution is -0.384. The van der Waals surface area contributed by atoms with Gasteiger partial charge in [-0.25, -0.2) is 0 Å². The molecule has 1 aromatic carbocycles. The molecule has 0 aliphatic heterocycles. The van der Waals surface area contributed by atoms with Crippen LogP contribution in [0.25, 0.3) is 10.9 Å². The molecule has 0 fully saturated rings. The number of non-ortho nitro benzene ring substituents is 1. The lowest BCUT2D eigenvalue weighted by atomic mass is 10.2. The van der Waals surface area contributed by atoms with Crippen LogP contribution < -0.4 is 0 Å². The van der Waals surface area contributed by atoms with Crippen LogP contribution in [0, 0.1) is 10.1 Å². The van der Waals surface area contributed by atoms with Crippen molar-refractivity contribution in [2.45, 2.75) is 0 Å². The Morgan fingerprint density at radius 2 is 2.31 bits per heavy atom. The van der Waals surface area contributed by atoms with Crippen LogP contribution in [0.2, 0.25) is 0 Å². The highest BCUT2D eigenvalue weighted by Gasteiger charge is 2.07. The minimum Gasteiger partial charge on any atom is -0.258 e. The third-order valence-corrected chi connectivity index (χ3v) is 1.84. The van der Waals surface area contributed by atoms with Gasteiger partial charge in [-0.3, -0.25) is 10.1 Å². The fourth-order valence-corrected chi connectivity index (χ4v) is 1.28. The number of aromatic nitrogens is 2.